The van der Waals surface area contributed by atoms with Crippen molar-refractivity contribution in [2.24, 2.45) is 0 Å². The number of benzene rings is 11. The molecule has 0 fully saturated rings. The summed E-state index contributed by atoms with van der Waals surface area (Å²) >= 11 is 0. The maximum absolute atomic E-state index is 7.02. The molecule has 66 heavy (non-hydrogen) atoms. The third kappa shape index (κ3) is 5.81. The number of rotatable bonds is 4. The van der Waals surface area contributed by atoms with E-state index in [-0.39, 0.29) is 5.92 Å². The van der Waals surface area contributed by atoms with E-state index in [1.807, 2.05) is 0 Å². The van der Waals surface area contributed by atoms with Crippen LogP contribution < -0.4 is 0 Å². The second kappa shape index (κ2) is 14.5. The number of furan rings is 1. The number of fused-ring (bicyclic) bond motifs is 13. The molecule has 13 aromatic rings. The van der Waals surface area contributed by atoms with Crippen LogP contribution in [0.25, 0.3) is 121 Å². The summed E-state index contributed by atoms with van der Waals surface area (Å²) in [5.41, 5.74) is 11.0. The molecule has 0 unspecified atom stereocenters. The first kappa shape index (κ1) is 37.0. The largest absolute Gasteiger partial charge is 0.456 e. The first-order valence-electron chi connectivity index (χ1n) is 22.8. The predicted molar refractivity (Wildman–Crippen MR) is 273 cm³/mol. The zero-order valence-electron chi connectivity index (χ0n) is 35.9. The fraction of sp³-hybridized carbons (Fsp3) is 0.0484. The molecule has 0 N–H and O–H groups in total. The van der Waals surface area contributed by atoms with Gasteiger partial charge in [0.05, 0.1) is 0 Å². The second-order valence-corrected chi connectivity index (χ2v) is 17.8. The molecule has 4 nitrogen and oxygen atoms in total. The van der Waals surface area contributed by atoms with E-state index in [2.05, 4.69) is 206 Å². The third-order valence-electron chi connectivity index (χ3n) is 14.1. The normalized spacial score (nSPS) is 13.8. The molecular formula is C62H39N3O. The summed E-state index contributed by atoms with van der Waals surface area (Å²) in [6, 6.07) is 74.4. The van der Waals surface area contributed by atoms with Crippen LogP contribution in [0, 0.1) is 0 Å². The van der Waals surface area contributed by atoms with Gasteiger partial charge >= 0.3 is 0 Å². The Hall–Kier alpha value is -8.47. The molecule has 0 amide bonds. The average molecular weight is 842 g/mol. The van der Waals surface area contributed by atoms with Gasteiger partial charge in [-0.3, -0.25) is 0 Å². The van der Waals surface area contributed by atoms with Crippen LogP contribution >= 0.6 is 0 Å². The van der Waals surface area contributed by atoms with Crippen molar-refractivity contribution in [2.45, 2.75) is 18.8 Å². The van der Waals surface area contributed by atoms with E-state index in [1.165, 1.54) is 70.9 Å². The number of para-hydroxylation sites is 1. The molecular weight excluding hydrogens is 803 g/mol. The molecule has 0 bridgehead atoms. The van der Waals surface area contributed by atoms with Gasteiger partial charge in [-0.2, -0.15) is 0 Å². The number of aromatic nitrogens is 3. The Morgan fingerprint density at radius 2 is 0.909 bits per heavy atom. The number of aryl methyl sites for hydroxylation is 1. The fourth-order valence-electron chi connectivity index (χ4n) is 10.9. The van der Waals surface area contributed by atoms with Crippen molar-refractivity contribution in [3.05, 3.63) is 223 Å². The quantitative estimate of drug-likeness (QED) is 0.166. The maximum Gasteiger partial charge on any atom is 0.164 e. The minimum Gasteiger partial charge on any atom is -0.456 e. The highest BCUT2D eigenvalue weighted by Gasteiger charge is 2.29. The van der Waals surface area contributed by atoms with Gasteiger partial charge in [-0.1, -0.05) is 176 Å². The van der Waals surface area contributed by atoms with E-state index in [9.17, 15) is 0 Å². The van der Waals surface area contributed by atoms with Crippen molar-refractivity contribution in [1.29, 1.82) is 0 Å². The number of hydrogen-bond donors (Lipinski definition) is 0. The van der Waals surface area contributed by atoms with Crippen molar-refractivity contribution in [2.75, 3.05) is 0 Å². The van der Waals surface area contributed by atoms with Crippen LogP contribution in [0.5, 0.6) is 0 Å². The number of hydrogen-bond acceptors (Lipinski definition) is 4. The summed E-state index contributed by atoms with van der Waals surface area (Å²) in [7, 11) is 0. The Morgan fingerprint density at radius 3 is 1.61 bits per heavy atom. The van der Waals surface area contributed by atoms with Crippen LogP contribution in [0.2, 0.25) is 0 Å². The first-order chi connectivity index (χ1) is 32.7. The Labute approximate surface area is 380 Å². The van der Waals surface area contributed by atoms with Crippen LogP contribution in [-0.2, 0) is 6.42 Å². The lowest BCUT2D eigenvalue weighted by Crippen LogP contribution is -2.04. The molecule has 1 aliphatic carbocycles. The van der Waals surface area contributed by atoms with Gasteiger partial charge in [-0.25, -0.2) is 15.0 Å². The van der Waals surface area contributed by atoms with Gasteiger partial charge in [0.2, 0.25) is 0 Å². The minimum absolute atomic E-state index is 0.0978. The van der Waals surface area contributed by atoms with Crippen molar-refractivity contribution in [1.82, 2.24) is 15.0 Å². The SMILES string of the molecule is c1ccc2c(c1)-c1cc3ccccc3cc1CC[C@H]2c1ccc(-c2nc(-c3ccc4c(ccc5ccccc54)c3)nc(-c3ccc4c(ccc5ccccc54)c3)n2)c2c1oc1ccccc12. The Morgan fingerprint density at radius 1 is 0.364 bits per heavy atom. The van der Waals surface area contributed by atoms with E-state index in [0.717, 1.165) is 62.2 Å². The molecule has 0 saturated heterocycles. The summed E-state index contributed by atoms with van der Waals surface area (Å²) < 4.78 is 7.02. The molecule has 0 aliphatic heterocycles. The maximum atomic E-state index is 7.02. The van der Waals surface area contributed by atoms with Crippen molar-refractivity contribution in [3.63, 3.8) is 0 Å². The summed E-state index contributed by atoms with van der Waals surface area (Å²) in [5, 5.41) is 14.2. The molecule has 11 aromatic carbocycles. The zero-order chi connectivity index (χ0) is 43.3. The van der Waals surface area contributed by atoms with Crippen LogP contribution in [0.3, 0.4) is 0 Å². The molecule has 4 heteroatoms. The predicted octanol–water partition coefficient (Wildman–Crippen LogP) is 16.3. The molecule has 0 spiro atoms. The van der Waals surface area contributed by atoms with Gasteiger partial charge in [0.1, 0.15) is 11.2 Å². The standard InChI is InChI=1S/C62H39N3O/c1-2-14-40-36-56-43(33-39(40)13-1)25-30-52(50-17-7-8-18-51(50)56)53-31-32-55(58-54-19-9-10-20-57(54)66-59(53)58)62-64-60(44-26-28-48-41(34-44)23-21-37-11-3-5-15-46(37)48)63-61(65-62)45-27-29-49-42(35-45)24-22-38-12-4-6-16-47(38)49/h1-24,26-29,31-36,52H,25,30H2/t52-/m1/s1. The van der Waals surface area contributed by atoms with Crippen LogP contribution in [0.1, 0.15) is 29.0 Å². The topological polar surface area (TPSA) is 51.8 Å². The molecule has 0 radical (unpaired) electrons. The van der Waals surface area contributed by atoms with Crippen LogP contribution in [0.15, 0.2) is 211 Å². The van der Waals surface area contributed by atoms with Crippen molar-refractivity contribution in [3.8, 4) is 45.3 Å². The Kier molecular flexibility index (Phi) is 8.14. The van der Waals surface area contributed by atoms with Gasteiger partial charge < -0.3 is 4.42 Å². The zero-order valence-corrected chi connectivity index (χ0v) is 35.9. The van der Waals surface area contributed by atoms with Gasteiger partial charge in [0.25, 0.3) is 0 Å². The molecule has 14 rings (SSSR count). The third-order valence-corrected chi connectivity index (χ3v) is 14.1. The lowest BCUT2D eigenvalue weighted by Gasteiger charge is -2.19. The molecule has 1 atom stereocenters. The van der Waals surface area contributed by atoms with Gasteiger partial charge in [-0.15, -0.1) is 0 Å². The highest BCUT2D eigenvalue weighted by molar-refractivity contribution is 6.14. The van der Waals surface area contributed by atoms with Crippen LogP contribution in [0.4, 0.5) is 0 Å². The van der Waals surface area contributed by atoms with Gasteiger partial charge in [0.15, 0.2) is 17.5 Å². The number of nitrogens with zero attached hydrogens (tertiary/aromatic N) is 3. The van der Waals surface area contributed by atoms with E-state index >= 15 is 0 Å². The van der Waals surface area contributed by atoms with Crippen LogP contribution in [-0.4, -0.2) is 15.0 Å². The lowest BCUT2D eigenvalue weighted by atomic mass is 9.84. The molecule has 1 aliphatic rings. The average Bonchev–Trinajstić information content (AvgIpc) is 3.70. The van der Waals surface area contributed by atoms with Gasteiger partial charge in [0, 0.05) is 38.9 Å². The van der Waals surface area contributed by atoms with Gasteiger partial charge in [-0.05, 0) is 119 Å². The summed E-state index contributed by atoms with van der Waals surface area (Å²) in [6.45, 7) is 0. The summed E-state index contributed by atoms with van der Waals surface area (Å²) in [5.74, 6) is 1.95. The minimum atomic E-state index is 0.0978. The molecule has 308 valence electrons. The fourth-order valence-corrected chi connectivity index (χ4v) is 10.9. The van der Waals surface area contributed by atoms with Crippen molar-refractivity contribution < 1.29 is 4.42 Å². The van der Waals surface area contributed by atoms with E-state index < -0.39 is 0 Å². The van der Waals surface area contributed by atoms with E-state index in [4.69, 9.17) is 19.4 Å². The van der Waals surface area contributed by atoms with E-state index in [1.54, 1.807) is 0 Å². The summed E-state index contributed by atoms with van der Waals surface area (Å²) in [4.78, 5) is 16.1. The Balaban J connectivity index is 0.979. The molecule has 2 heterocycles. The highest BCUT2D eigenvalue weighted by Crippen LogP contribution is 2.47. The monoisotopic (exact) mass is 841 g/mol. The first-order valence-corrected chi connectivity index (χ1v) is 22.8. The van der Waals surface area contributed by atoms with E-state index in [0.29, 0.717) is 17.5 Å². The second-order valence-electron chi connectivity index (χ2n) is 17.8. The molecule has 2 aromatic heterocycles. The van der Waals surface area contributed by atoms with Crippen molar-refractivity contribution >= 4 is 75.8 Å². The Bertz CT molecular complexity index is 4010. The summed E-state index contributed by atoms with van der Waals surface area (Å²) in [6.07, 6.45) is 1.90. The lowest BCUT2D eigenvalue weighted by molar-refractivity contribution is 0.647. The molecule has 0 saturated carbocycles. The highest BCUT2D eigenvalue weighted by atomic mass is 16.3. The smallest absolute Gasteiger partial charge is 0.164 e.